The summed E-state index contributed by atoms with van der Waals surface area (Å²) in [6.07, 6.45) is -0.899. The Kier molecular flexibility index (Phi) is 7.81. The van der Waals surface area contributed by atoms with Crippen molar-refractivity contribution in [3.8, 4) is 0 Å². The summed E-state index contributed by atoms with van der Waals surface area (Å²) in [5, 5.41) is 10.0. The van der Waals surface area contributed by atoms with E-state index in [0.717, 1.165) is 13.8 Å². The van der Waals surface area contributed by atoms with Crippen LogP contribution in [0.15, 0.2) is 0 Å². The number of carboxylic acid groups (broad SMARTS) is 1. The zero-order chi connectivity index (χ0) is 10.6. The molecule has 0 fully saturated rings. The summed E-state index contributed by atoms with van der Waals surface area (Å²) in [4.78, 5) is 42.5. The molecular formula is C8H9NaO5. The number of aliphatic carboxylic acids is 1. The van der Waals surface area contributed by atoms with E-state index in [9.17, 15) is 24.3 Å². The molecule has 6 heteroatoms. The molecule has 0 unspecified atom stereocenters. The Morgan fingerprint density at radius 2 is 1.43 bits per heavy atom. The summed E-state index contributed by atoms with van der Waals surface area (Å²) in [6, 6.07) is 0. The monoisotopic (exact) mass is 208 g/mol. The van der Waals surface area contributed by atoms with Gasteiger partial charge in [0.05, 0.1) is 0 Å². The topological polar surface area (TPSA) is 91.3 Å². The molecule has 0 bridgehead atoms. The van der Waals surface area contributed by atoms with Gasteiger partial charge in [0.2, 0.25) is 0 Å². The summed E-state index contributed by atoms with van der Waals surface area (Å²) in [5.74, 6) is -5.23. The Balaban J connectivity index is 0. The van der Waals surface area contributed by atoms with Crippen molar-refractivity contribution in [2.75, 3.05) is 0 Å². The van der Waals surface area contributed by atoms with Crippen LogP contribution >= 0.6 is 0 Å². The average Bonchev–Trinajstić information content (AvgIpc) is 1.81. The SMILES string of the molecule is CC(=O)C(C(C)=O)C(=O)CC(=O)[O-].[Na+]. The molecule has 72 valence electrons. The third-order valence-corrected chi connectivity index (χ3v) is 1.45. The number of Topliss-reactive ketones (excluding diaryl/α,β-unsaturated/α-hetero) is 3. The van der Waals surface area contributed by atoms with Crippen molar-refractivity contribution in [1.82, 2.24) is 0 Å². The van der Waals surface area contributed by atoms with Crippen LogP contribution in [0.3, 0.4) is 0 Å². The first kappa shape index (κ1) is 15.9. The van der Waals surface area contributed by atoms with Crippen molar-refractivity contribution in [3.05, 3.63) is 0 Å². The van der Waals surface area contributed by atoms with Crippen LogP contribution in [0.4, 0.5) is 0 Å². The van der Waals surface area contributed by atoms with Crippen LogP contribution in [0.2, 0.25) is 0 Å². The predicted molar refractivity (Wildman–Crippen MR) is 39.5 cm³/mol. The van der Waals surface area contributed by atoms with E-state index in [1.165, 1.54) is 0 Å². The molecule has 0 aliphatic heterocycles. The summed E-state index contributed by atoms with van der Waals surface area (Å²) in [5.41, 5.74) is 0. The Bertz CT molecular complexity index is 257. The molecule has 0 aromatic carbocycles. The van der Waals surface area contributed by atoms with Crippen molar-refractivity contribution < 1.29 is 53.8 Å². The molecule has 0 heterocycles. The molecule has 0 aliphatic rings. The fourth-order valence-electron chi connectivity index (χ4n) is 0.984. The maximum Gasteiger partial charge on any atom is 1.00 e. The molecule has 0 N–H and O–H groups in total. The fraction of sp³-hybridized carbons (Fsp3) is 0.500. The molecule has 14 heavy (non-hydrogen) atoms. The van der Waals surface area contributed by atoms with Crippen molar-refractivity contribution >= 4 is 23.3 Å². The first-order chi connectivity index (χ1) is 5.86. The van der Waals surface area contributed by atoms with Crippen LogP contribution in [0.1, 0.15) is 20.3 Å². The number of hydrogen-bond acceptors (Lipinski definition) is 5. The van der Waals surface area contributed by atoms with E-state index in [-0.39, 0.29) is 29.6 Å². The van der Waals surface area contributed by atoms with E-state index < -0.39 is 35.7 Å². The first-order valence-corrected chi connectivity index (χ1v) is 3.59. The van der Waals surface area contributed by atoms with Gasteiger partial charge in [-0.1, -0.05) is 0 Å². The van der Waals surface area contributed by atoms with E-state index >= 15 is 0 Å². The van der Waals surface area contributed by atoms with Crippen molar-refractivity contribution in [3.63, 3.8) is 0 Å². The second-order valence-electron chi connectivity index (χ2n) is 2.67. The largest absolute Gasteiger partial charge is 1.00 e. The van der Waals surface area contributed by atoms with Gasteiger partial charge in [0.1, 0.15) is 17.5 Å². The van der Waals surface area contributed by atoms with Crippen LogP contribution in [-0.2, 0) is 19.2 Å². The van der Waals surface area contributed by atoms with Gasteiger partial charge in [0.25, 0.3) is 0 Å². The van der Waals surface area contributed by atoms with Crippen LogP contribution in [-0.4, -0.2) is 23.3 Å². The molecule has 0 saturated carbocycles. The summed E-state index contributed by atoms with van der Waals surface area (Å²) >= 11 is 0. The van der Waals surface area contributed by atoms with Crippen LogP contribution in [0, 0.1) is 5.92 Å². The zero-order valence-corrected chi connectivity index (χ0v) is 10.3. The van der Waals surface area contributed by atoms with Crippen LogP contribution in [0.25, 0.3) is 0 Å². The number of carbonyl (C=O) groups is 4. The molecule has 0 aliphatic carbocycles. The Labute approximate surface area is 103 Å². The number of hydrogen-bond donors (Lipinski definition) is 0. The van der Waals surface area contributed by atoms with Crippen molar-refractivity contribution in [2.45, 2.75) is 20.3 Å². The van der Waals surface area contributed by atoms with Gasteiger partial charge in [-0.15, -0.1) is 0 Å². The second kappa shape index (κ2) is 6.86. The molecule has 0 saturated heterocycles. The molecular weight excluding hydrogens is 199 g/mol. The van der Waals surface area contributed by atoms with Gasteiger partial charge < -0.3 is 9.90 Å². The van der Waals surface area contributed by atoms with E-state index in [1.807, 2.05) is 0 Å². The molecule has 5 nitrogen and oxygen atoms in total. The zero-order valence-electron chi connectivity index (χ0n) is 8.33. The predicted octanol–water partition coefficient (Wildman–Crippen LogP) is -4.51. The fourth-order valence-corrected chi connectivity index (χ4v) is 0.984. The van der Waals surface area contributed by atoms with Crippen LogP contribution in [0.5, 0.6) is 0 Å². The van der Waals surface area contributed by atoms with Gasteiger partial charge >= 0.3 is 29.6 Å². The first-order valence-electron chi connectivity index (χ1n) is 3.59. The van der Waals surface area contributed by atoms with E-state index in [2.05, 4.69) is 0 Å². The van der Waals surface area contributed by atoms with Gasteiger partial charge in [-0.25, -0.2) is 0 Å². The minimum Gasteiger partial charge on any atom is -0.550 e. The molecule has 0 spiro atoms. The number of ketones is 3. The molecule has 0 aromatic heterocycles. The maximum absolute atomic E-state index is 11.0. The molecule has 0 amide bonds. The summed E-state index contributed by atoms with van der Waals surface area (Å²) in [6.45, 7) is 2.14. The van der Waals surface area contributed by atoms with Crippen molar-refractivity contribution in [1.29, 1.82) is 0 Å². The molecule has 0 aromatic rings. The van der Waals surface area contributed by atoms with Gasteiger partial charge in [-0.05, 0) is 13.8 Å². The van der Waals surface area contributed by atoms with E-state index in [4.69, 9.17) is 0 Å². The molecule has 0 atom stereocenters. The summed E-state index contributed by atoms with van der Waals surface area (Å²) < 4.78 is 0. The van der Waals surface area contributed by atoms with Gasteiger partial charge in [0.15, 0.2) is 5.78 Å². The average molecular weight is 208 g/mol. The van der Waals surface area contributed by atoms with E-state index in [0.29, 0.717) is 0 Å². The third-order valence-electron chi connectivity index (χ3n) is 1.45. The number of carbonyl (C=O) groups excluding carboxylic acids is 4. The number of carboxylic acids is 1. The number of rotatable bonds is 5. The molecule has 0 rings (SSSR count). The minimum absolute atomic E-state index is 0. The smallest absolute Gasteiger partial charge is 0.550 e. The minimum atomic E-state index is -1.59. The normalized spacial score (nSPS) is 9.07. The summed E-state index contributed by atoms with van der Waals surface area (Å²) in [7, 11) is 0. The van der Waals surface area contributed by atoms with E-state index in [1.54, 1.807) is 0 Å². The molecule has 0 radical (unpaired) electrons. The van der Waals surface area contributed by atoms with Gasteiger partial charge in [-0.3, -0.25) is 14.4 Å². The quantitative estimate of drug-likeness (QED) is 0.335. The Morgan fingerprint density at radius 1 is 1.07 bits per heavy atom. The van der Waals surface area contributed by atoms with Gasteiger partial charge in [0, 0.05) is 12.4 Å². The standard InChI is InChI=1S/C8H10O5.Na/c1-4(9)8(5(2)10)6(11)3-7(12)13;/h8H,3H2,1-2H3,(H,12,13);/q;+1/p-1. The Morgan fingerprint density at radius 3 is 1.64 bits per heavy atom. The Hall–Kier alpha value is -0.520. The van der Waals surface area contributed by atoms with Crippen molar-refractivity contribution in [2.24, 2.45) is 5.92 Å². The van der Waals surface area contributed by atoms with Gasteiger partial charge in [-0.2, -0.15) is 0 Å². The maximum atomic E-state index is 11.0. The second-order valence-corrected chi connectivity index (χ2v) is 2.67. The van der Waals surface area contributed by atoms with Crippen LogP contribution < -0.4 is 34.7 Å². The third kappa shape index (κ3) is 5.26.